The van der Waals surface area contributed by atoms with Crippen molar-refractivity contribution in [3.63, 3.8) is 0 Å². The summed E-state index contributed by atoms with van der Waals surface area (Å²) in [5.74, 6) is 3.97. The van der Waals surface area contributed by atoms with Crippen LogP contribution in [0.25, 0.3) is 0 Å². The third kappa shape index (κ3) is 1.39. The van der Waals surface area contributed by atoms with Gasteiger partial charge in [0.25, 0.3) is 0 Å². The summed E-state index contributed by atoms with van der Waals surface area (Å²) in [5, 5.41) is 8.77. The number of anilines is 1. The predicted octanol–water partition coefficient (Wildman–Crippen LogP) is 2.77. The molecule has 5 rings (SSSR count). The standard InChI is InChI=1S/C12H17N3S/c1-7-2-9-4-8(1)5-10(3-7)12(9)14-11-6-13-15-16-11/h6-10,12,14H,1-5H2. The molecule has 1 aromatic rings. The zero-order valence-corrected chi connectivity index (χ0v) is 10.1. The van der Waals surface area contributed by atoms with Gasteiger partial charge >= 0.3 is 0 Å². The molecular weight excluding hydrogens is 218 g/mol. The molecule has 4 fully saturated rings. The van der Waals surface area contributed by atoms with Crippen molar-refractivity contribution in [2.75, 3.05) is 5.32 Å². The molecule has 0 saturated heterocycles. The highest BCUT2D eigenvalue weighted by Gasteiger charge is 2.48. The van der Waals surface area contributed by atoms with Gasteiger partial charge in [-0.2, -0.15) is 0 Å². The van der Waals surface area contributed by atoms with Crippen LogP contribution in [0.15, 0.2) is 6.20 Å². The second-order valence-corrected chi connectivity index (χ2v) is 6.67. The van der Waals surface area contributed by atoms with Crippen LogP contribution in [0, 0.1) is 23.7 Å². The lowest BCUT2D eigenvalue weighted by molar-refractivity contribution is 0.00764. The maximum atomic E-state index is 3.93. The van der Waals surface area contributed by atoms with Crippen LogP contribution in [-0.2, 0) is 0 Å². The van der Waals surface area contributed by atoms with Crippen molar-refractivity contribution in [1.29, 1.82) is 0 Å². The van der Waals surface area contributed by atoms with Crippen molar-refractivity contribution in [2.45, 2.75) is 38.1 Å². The van der Waals surface area contributed by atoms with Gasteiger partial charge in [-0.3, -0.25) is 0 Å². The maximum Gasteiger partial charge on any atom is 0.130 e. The van der Waals surface area contributed by atoms with E-state index in [1.807, 2.05) is 6.20 Å². The second kappa shape index (κ2) is 3.42. The largest absolute Gasteiger partial charge is 0.371 e. The van der Waals surface area contributed by atoms with Gasteiger partial charge in [0, 0.05) is 17.6 Å². The molecule has 16 heavy (non-hydrogen) atoms. The van der Waals surface area contributed by atoms with Gasteiger partial charge in [0.15, 0.2) is 0 Å². The fraction of sp³-hybridized carbons (Fsp3) is 0.833. The number of aromatic nitrogens is 2. The Labute approximate surface area is 99.8 Å². The van der Waals surface area contributed by atoms with E-state index in [1.54, 1.807) is 0 Å². The van der Waals surface area contributed by atoms with Crippen LogP contribution >= 0.6 is 11.5 Å². The maximum absolute atomic E-state index is 3.93. The molecule has 4 saturated carbocycles. The van der Waals surface area contributed by atoms with Crippen LogP contribution in [0.4, 0.5) is 5.00 Å². The van der Waals surface area contributed by atoms with Gasteiger partial charge in [0.05, 0.1) is 6.20 Å². The molecule has 86 valence electrons. The van der Waals surface area contributed by atoms with Crippen molar-refractivity contribution in [1.82, 2.24) is 9.59 Å². The topological polar surface area (TPSA) is 37.8 Å². The molecule has 0 aliphatic heterocycles. The van der Waals surface area contributed by atoms with Gasteiger partial charge < -0.3 is 5.32 Å². The summed E-state index contributed by atoms with van der Waals surface area (Å²) in [6.07, 6.45) is 9.28. The van der Waals surface area contributed by atoms with Gasteiger partial charge in [-0.1, -0.05) is 4.49 Å². The van der Waals surface area contributed by atoms with Crippen molar-refractivity contribution < 1.29 is 0 Å². The van der Waals surface area contributed by atoms with Crippen molar-refractivity contribution in [3.05, 3.63) is 6.20 Å². The highest BCUT2D eigenvalue weighted by atomic mass is 32.1. The minimum Gasteiger partial charge on any atom is -0.371 e. The minimum atomic E-state index is 0.718. The Morgan fingerprint density at radius 3 is 2.31 bits per heavy atom. The Bertz CT molecular complexity index is 348. The van der Waals surface area contributed by atoms with Crippen LogP contribution in [0.1, 0.15) is 32.1 Å². The first-order chi connectivity index (χ1) is 7.88. The highest BCUT2D eigenvalue weighted by Crippen LogP contribution is 2.54. The molecule has 0 amide bonds. The van der Waals surface area contributed by atoms with Crippen LogP contribution in [-0.4, -0.2) is 15.6 Å². The monoisotopic (exact) mass is 235 g/mol. The summed E-state index contributed by atoms with van der Waals surface area (Å²) in [5.41, 5.74) is 0. The van der Waals surface area contributed by atoms with Gasteiger partial charge in [-0.05, 0) is 55.8 Å². The van der Waals surface area contributed by atoms with E-state index in [-0.39, 0.29) is 0 Å². The normalized spacial score (nSPS) is 44.9. The average molecular weight is 235 g/mol. The fourth-order valence-electron chi connectivity index (χ4n) is 4.56. The molecule has 4 aliphatic carbocycles. The smallest absolute Gasteiger partial charge is 0.130 e. The van der Waals surface area contributed by atoms with E-state index in [2.05, 4.69) is 14.9 Å². The molecule has 1 N–H and O–H groups in total. The van der Waals surface area contributed by atoms with Crippen LogP contribution < -0.4 is 5.32 Å². The summed E-state index contributed by atoms with van der Waals surface area (Å²) in [6, 6.07) is 0.718. The highest BCUT2D eigenvalue weighted by molar-refractivity contribution is 7.09. The van der Waals surface area contributed by atoms with Crippen molar-refractivity contribution >= 4 is 16.5 Å². The molecule has 1 heterocycles. The first-order valence-corrected chi connectivity index (χ1v) is 7.19. The van der Waals surface area contributed by atoms with Gasteiger partial charge in [0.2, 0.25) is 0 Å². The van der Waals surface area contributed by atoms with Crippen LogP contribution in [0.3, 0.4) is 0 Å². The first-order valence-electron chi connectivity index (χ1n) is 6.42. The van der Waals surface area contributed by atoms with E-state index < -0.39 is 0 Å². The molecule has 0 unspecified atom stereocenters. The summed E-state index contributed by atoms with van der Waals surface area (Å²) < 4.78 is 3.93. The van der Waals surface area contributed by atoms with Crippen molar-refractivity contribution in [2.24, 2.45) is 23.7 Å². The summed E-state index contributed by atoms with van der Waals surface area (Å²) in [6.45, 7) is 0. The van der Waals surface area contributed by atoms with Crippen LogP contribution in [0.2, 0.25) is 0 Å². The molecule has 0 radical (unpaired) electrons. The molecule has 4 bridgehead atoms. The first kappa shape index (κ1) is 9.40. The van der Waals surface area contributed by atoms with Crippen molar-refractivity contribution in [3.8, 4) is 0 Å². The number of hydrogen-bond acceptors (Lipinski definition) is 4. The fourth-order valence-corrected chi connectivity index (χ4v) is 5.02. The van der Waals surface area contributed by atoms with E-state index in [0.29, 0.717) is 0 Å². The molecule has 4 heteroatoms. The zero-order valence-electron chi connectivity index (χ0n) is 9.30. The third-order valence-corrected chi connectivity index (χ3v) is 5.49. The third-order valence-electron chi connectivity index (χ3n) is 4.90. The number of hydrogen-bond donors (Lipinski definition) is 1. The van der Waals surface area contributed by atoms with E-state index >= 15 is 0 Å². The molecule has 1 aromatic heterocycles. The Morgan fingerprint density at radius 2 is 1.75 bits per heavy atom. The average Bonchev–Trinajstić information content (AvgIpc) is 2.75. The van der Waals surface area contributed by atoms with Gasteiger partial charge in [-0.25, -0.2) is 0 Å². The SMILES string of the molecule is c1nnsc1NC1C2CC3CC(C2)CC1C3. The summed E-state index contributed by atoms with van der Waals surface area (Å²) >= 11 is 1.50. The summed E-state index contributed by atoms with van der Waals surface area (Å²) in [4.78, 5) is 0. The molecule has 0 aromatic carbocycles. The zero-order chi connectivity index (χ0) is 10.5. The molecule has 0 atom stereocenters. The number of nitrogens with zero attached hydrogens (tertiary/aromatic N) is 2. The number of nitrogens with one attached hydrogen (secondary N) is 1. The molecular formula is C12H17N3S. The lowest BCUT2D eigenvalue weighted by Crippen LogP contribution is -2.51. The predicted molar refractivity (Wildman–Crippen MR) is 64.4 cm³/mol. The Kier molecular flexibility index (Phi) is 2.01. The molecule has 0 spiro atoms. The van der Waals surface area contributed by atoms with E-state index in [1.165, 1.54) is 43.6 Å². The lowest BCUT2D eigenvalue weighted by atomic mass is 9.54. The van der Waals surface area contributed by atoms with Gasteiger partial charge in [0.1, 0.15) is 5.00 Å². The molecule has 4 aliphatic rings. The van der Waals surface area contributed by atoms with Gasteiger partial charge in [-0.15, -0.1) is 5.10 Å². The lowest BCUT2D eigenvalue weighted by Gasteiger charge is -2.54. The van der Waals surface area contributed by atoms with E-state index in [4.69, 9.17) is 0 Å². The number of rotatable bonds is 2. The Hall–Kier alpha value is -0.640. The van der Waals surface area contributed by atoms with E-state index in [9.17, 15) is 0 Å². The Morgan fingerprint density at radius 1 is 1.06 bits per heavy atom. The van der Waals surface area contributed by atoms with Crippen LogP contribution in [0.5, 0.6) is 0 Å². The minimum absolute atomic E-state index is 0.718. The quantitative estimate of drug-likeness (QED) is 0.856. The summed E-state index contributed by atoms with van der Waals surface area (Å²) in [7, 11) is 0. The second-order valence-electron chi connectivity index (χ2n) is 5.88. The molecule has 3 nitrogen and oxygen atoms in total. The van der Waals surface area contributed by atoms with E-state index in [0.717, 1.165) is 34.7 Å². The Balaban J connectivity index is 1.56.